The molecule has 0 atom stereocenters. The molecule has 2 fully saturated rings. The molecule has 2 nitrogen and oxygen atoms in total. The summed E-state index contributed by atoms with van der Waals surface area (Å²) in [5.41, 5.74) is 2.94. The Morgan fingerprint density at radius 1 is 1.05 bits per heavy atom. The van der Waals surface area contributed by atoms with Crippen LogP contribution in [0.3, 0.4) is 0 Å². The van der Waals surface area contributed by atoms with E-state index in [9.17, 15) is 0 Å². The van der Waals surface area contributed by atoms with E-state index in [0.717, 1.165) is 38.0 Å². The Bertz CT molecular complexity index is 404. The molecule has 2 aliphatic rings. The maximum Gasteiger partial charge on any atom is 0.0236 e. The third-order valence-electron chi connectivity index (χ3n) is 4.50. The molecule has 110 valence electrons. The van der Waals surface area contributed by atoms with Crippen molar-refractivity contribution in [2.45, 2.75) is 51.6 Å². The molecule has 2 heteroatoms. The van der Waals surface area contributed by atoms with Crippen molar-refractivity contribution in [3.63, 3.8) is 0 Å². The summed E-state index contributed by atoms with van der Waals surface area (Å²) in [6, 6.07) is 10.2. The maximum atomic E-state index is 3.39. The summed E-state index contributed by atoms with van der Waals surface area (Å²) in [6.07, 6.45) is 6.92. The molecule has 0 saturated heterocycles. The quantitative estimate of drug-likeness (QED) is 0.694. The summed E-state index contributed by atoms with van der Waals surface area (Å²) in [7, 11) is 0. The van der Waals surface area contributed by atoms with Gasteiger partial charge in [0.1, 0.15) is 0 Å². The van der Waals surface area contributed by atoms with Crippen molar-refractivity contribution in [2.24, 2.45) is 5.92 Å². The highest BCUT2D eigenvalue weighted by molar-refractivity contribution is 5.23. The Morgan fingerprint density at radius 3 is 2.35 bits per heavy atom. The predicted molar refractivity (Wildman–Crippen MR) is 84.8 cm³/mol. The normalized spacial score (nSPS) is 18.7. The van der Waals surface area contributed by atoms with Crippen molar-refractivity contribution in [1.82, 2.24) is 10.2 Å². The lowest BCUT2D eigenvalue weighted by Gasteiger charge is -2.22. The molecule has 1 aromatic rings. The second-order valence-corrected chi connectivity index (χ2v) is 6.52. The van der Waals surface area contributed by atoms with Crippen molar-refractivity contribution in [3.8, 4) is 0 Å². The molecule has 3 rings (SSSR count). The van der Waals surface area contributed by atoms with E-state index in [0.29, 0.717) is 0 Å². The van der Waals surface area contributed by atoms with Crippen molar-refractivity contribution in [2.75, 3.05) is 19.6 Å². The van der Waals surface area contributed by atoms with Gasteiger partial charge in [0.2, 0.25) is 0 Å². The monoisotopic (exact) mass is 272 g/mol. The zero-order chi connectivity index (χ0) is 13.8. The minimum Gasteiger partial charge on any atom is -0.317 e. The molecule has 0 aromatic heterocycles. The van der Waals surface area contributed by atoms with Crippen molar-refractivity contribution in [3.05, 3.63) is 35.4 Å². The summed E-state index contributed by atoms with van der Waals surface area (Å²) >= 11 is 0. The number of nitrogens with one attached hydrogen (secondary N) is 1. The van der Waals surface area contributed by atoms with E-state index >= 15 is 0 Å². The van der Waals surface area contributed by atoms with Gasteiger partial charge >= 0.3 is 0 Å². The second kappa shape index (κ2) is 6.73. The number of nitrogens with zero attached hydrogens (tertiary/aromatic N) is 1. The van der Waals surface area contributed by atoms with Crippen LogP contribution in [0, 0.1) is 5.92 Å². The van der Waals surface area contributed by atoms with Crippen LogP contribution in [-0.4, -0.2) is 30.6 Å². The van der Waals surface area contributed by atoms with E-state index in [2.05, 4.69) is 41.4 Å². The van der Waals surface area contributed by atoms with Crippen molar-refractivity contribution >= 4 is 0 Å². The topological polar surface area (TPSA) is 15.3 Å². The molecule has 0 unspecified atom stereocenters. The Morgan fingerprint density at radius 2 is 1.75 bits per heavy atom. The Labute approximate surface area is 123 Å². The van der Waals surface area contributed by atoms with Gasteiger partial charge in [-0.1, -0.05) is 31.2 Å². The van der Waals surface area contributed by atoms with Crippen LogP contribution in [0.15, 0.2) is 24.3 Å². The summed E-state index contributed by atoms with van der Waals surface area (Å²) < 4.78 is 0. The van der Waals surface area contributed by atoms with E-state index in [1.165, 1.54) is 43.4 Å². The zero-order valence-electron chi connectivity index (χ0n) is 12.8. The van der Waals surface area contributed by atoms with E-state index in [4.69, 9.17) is 0 Å². The van der Waals surface area contributed by atoms with Gasteiger partial charge in [0, 0.05) is 19.1 Å². The lowest BCUT2D eigenvalue weighted by atomic mass is 10.1. The van der Waals surface area contributed by atoms with E-state index in [1.54, 1.807) is 0 Å². The van der Waals surface area contributed by atoms with Gasteiger partial charge in [0.15, 0.2) is 0 Å². The molecule has 2 saturated carbocycles. The average molecular weight is 272 g/mol. The van der Waals surface area contributed by atoms with Gasteiger partial charge in [-0.15, -0.1) is 0 Å². The van der Waals surface area contributed by atoms with Crippen LogP contribution in [0.1, 0.15) is 43.7 Å². The fourth-order valence-corrected chi connectivity index (χ4v) is 2.87. The van der Waals surface area contributed by atoms with Gasteiger partial charge < -0.3 is 5.32 Å². The number of rotatable bonds is 9. The second-order valence-electron chi connectivity index (χ2n) is 6.52. The van der Waals surface area contributed by atoms with Gasteiger partial charge in [-0.25, -0.2) is 0 Å². The van der Waals surface area contributed by atoms with Crippen LogP contribution in [0.2, 0.25) is 0 Å². The average Bonchev–Trinajstić information content (AvgIpc) is 3.34. The van der Waals surface area contributed by atoms with Gasteiger partial charge in [0.25, 0.3) is 0 Å². The van der Waals surface area contributed by atoms with Gasteiger partial charge in [-0.3, -0.25) is 4.90 Å². The number of benzene rings is 1. The lowest BCUT2D eigenvalue weighted by Crippen LogP contribution is -2.27. The molecule has 1 N–H and O–H groups in total. The molecule has 0 radical (unpaired) electrons. The fourth-order valence-electron chi connectivity index (χ4n) is 2.87. The molecule has 20 heavy (non-hydrogen) atoms. The first kappa shape index (κ1) is 14.1. The molecule has 0 aliphatic heterocycles. The highest BCUT2D eigenvalue weighted by Crippen LogP contribution is 2.35. The van der Waals surface area contributed by atoms with E-state index in [1.807, 2.05) is 0 Å². The fraction of sp³-hybridized carbons (Fsp3) is 0.667. The standard InChI is InChI=1S/C18H28N2/c1-2-19-12-11-15-3-5-16(6-4-15)13-20(18-9-10-18)14-17-7-8-17/h3-6,17-19H,2,7-14H2,1H3. The molecule has 0 bridgehead atoms. The summed E-state index contributed by atoms with van der Waals surface area (Å²) in [4.78, 5) is 2.73. The first-order valence-corrected chi connectivity index (χ1v) is 8.37. The minimum atomic E-state index is 0.893. The van der Waals surface area contributed by atoms with E-state index in [-0.39, 0.29) is 0 Å². The first-order valence-electron chi connectivity index (χ1n) is 8.37. The molecule has 0 spiro atoms. The van der Waals surface area contributed by atoms with Crippen molar-refractivity contribution < 1.29 is 0 Å². The largest absolute Gasteiger partial charge is 0.317 e. The van der Waals surface area contributed by atoms with Gasteiger partial charge in [0.05, 0.1) is 0 Å². The van der Waals surface area contributed by atoms with Crippen LogP contribution in [-0.2, 0) is 13.0 Å². The van der Waals surface area contributed by atoms with E-state index < -0.39 is 0 Å². The highest BCUT2D eigenvalue weighted by atomic mass is 15.2. The molecule has 0 amide bonds. The SMILES string of the molecule is CCNCCc1ccc(CN(CC2CC2)C2CC2)cc1. The molecule has 0 heterocycles. The maximum absolute atomic E-state index is 3.39. The van der Waals surface area contributed by atoms with Crippen LogP contribution in [0.25, 0.3) is 0 Å². The van der Waals surface area contributed by atoms with Crippen LogP contribution in [0.5, 0.6) is 0 Å². The number of hydrogen-bond donors (Lipinski definition) is 1. The minimum absolute atomic E-state index is 0.893. The summed E-state index contributed by atoms with van der Waals surface area (Å²) in [5.74, 6) is 1.01. The molecular formula is C18H28N2. The third kappa shape index (κ3) is 4.32. The summed E-state index contributed by atoms with van der Waals surface area (Å²) in [6.45, 7) is 6.82. The van der Waals surface area contributed by atoms with Crippen LogP contribution in [0.4, 0.5) is 0 Å². The van der Waals surface area contributed by atoms with Gasteiger partial charge in [-0.2, -0.15) is 0 Å². The molecule has 1 aromatic carbocycles. The molecular weight excluding hydrogens is 244 g/mol. The zero-order valence-corrected chi connectivity index (χ0v) is 12.8. The molecule has 2 aliphatic carbocycles. The number of hydrogen-bond acceptors (Lipinski definition) is 2. The number of likely N-dealkylation sites (N-methyl/N-ethyl adjacent to an activating group) is 1. The van der Waals surface area contributed by atoms with Crippen LogP contribution >= 0.6 is 0 Å². The Balaban J connectivity index is 1.50. The third-order valence-corrected chi connectivity index (χ3v) is 4.50. The van der Waals surface area contributed by atoms with Crippen LogP contribution < -0.4 is 5.32 Å². The van der Waals surface area contributed by atoms with Gasteiger partial charge in [-0.05, 0) is 62.2 Å². The predicted octanol–water partition coefficient (Wildman–Crippen LogP) is 3.21. The van der Waals surface area contributed by atoms with Crippen molar-refractivity contribution in [1.29, 1.82) is 0 Å². The highest BCUT2D eigenvalue weighted by Gasteiger charge is 2.33. The lowest BCUT2D eigenvalue weighted by molar-refractivity contribution is 0.244. The Kier molecular flexibility index (Phi) is 4.74. The smallest absolute Gasteiger partial charge is 0.0236 e. The Hall–Kier alpha value is -0.860. The summed E-state index contributed by atoms with van der Waals surface area (Å²) in [5, 5.41) is 3.39. The first-order chi connectivity index (χ1) is 9.85.